The minimum Gasteiger partial charge on any atom is -0.339 e. The fourth-order valence-electron chi connectivity index (χ4n) is 2.61. The van der Waals surface area contributed by atoms with Gasteiger partial charge in [-0.25, -0.2) is 0 Å². The van der Waals surface area contributed by atoms with Crippen molar-refractivity contribution in [2.75, 3.05) is 0 Å². The average Bonchev–Trinajstić information content (AvgIpc) is 3.39. The highest BCUT2D eigenvalue weighted by molar-refractivity contribution is 7.12. The number of thiophene rings is 1. The zero-order valence-corrected chi connectivity index (χ0v) is 15.7. The van der Waals surface area contributed by atoms with Crippen LogP contribution in [0.2, 0.25) is 5.02 Å². The second kappa shape index (κ2) is 7.39. The summed E-state index contributed by atoms with van der Waals surface area (Å²) in [6, 6.07) is 9.56. The van der Waals surface area contributed by atoms with Gasteiger partial charge in [0.1, 0.15) is 17.2 Å². The van der Waals surface area contributed by atoms with Crippen LogP contribution >= 0.6 is 22.9 Å². The molecule has 6 nitrogen and oxygen atoms in total. The highest BCUT2D eigenvalue weighted by atomic mass is 35.5. The summed E-state index contributed by atoms with van der Waals surface area (Å²) in [6.45, 7) is 2.14. The molecule has 0 N–H and O–H groups in total. The third-order valence-corrected chi connectivity index (χ3v) is 5.23. The van der Waals surface area contributed by atoms with E-state index in [1.54, 1.807) is 17.7 Å². The van der Waals surface area contributed by atoms with E-state index in [1.165, 1.54) is 5.56 Å². The van der Waals surface area contributed by atoms with E-state index in [2.05, 4.69) is 38.7 Å². The van der Waals surface area contributed by atoms with Gasteiger partial charge in [0, 0.05) is 23.4 Å². The highest BCUT2D eigenvalue weighted by Gasteiger charge is 2.13. The summed E-state index contributed by atoms with van der Waals surface area (Å²) in [7, 11) is 0. The van der Waals surface area contributed by atoms with Crippen molar-refractivity contribution < 1.29 is 4.52 Å². The van der Waals surface area contributed by atoms with Crippen LogP contribution in [0.5, 0.6) is 0 Å². The van der Waals surface area contributed by atoms with E-state index in [0.717, 1.165) is 22.8 Å². The first-order valence-electron chi connectivity index (χ1n) is 8.28. The van der Waals surface area contributed by atoms with Crippen LogP contribution in [0.15, 0.2) is 46.6 Å². The van der Waals surface area contributed by atoms with Crippen LogP contribution in [0.1, 0.15) is 24.2 Å². The van der Waals surface area contributed by atoms with E-state index >= 15 is 0 Å². The Hall–Kier alpha value is -2.51. The van der Waals surface area contributed by atoms with E-state index in [1.807, 2.05) is 28.8 Å². The molecule has 0 radical (unpaired) electrons. The molecule has 4 aromatic rings. The second-order valence-electron chi connectivity index (χ2n) is 5.79. The molecule has 3 aromatic heterocycles. The van der Waals surface area contributed by atoms with E-state index in [-0.39, 0.29) is 0 Å². The molecule has 0 atom stereocenters. The molecular formula is C18H16ClN5OS. The largest absolute Gasteiger partial charge is 0.339 e. The Bertz CT molecular complexity index is 1020. The molecule has 4 rings (SSSR count). The van der Waals surface area contributed by atoms with Gasteiger partial charge < -0.3 is 4.52 Å². The van der Waals surface area contributed by atoms with Crippen molar-refractivity contribution in [3.8, 4) is 16.4 Å². The van der Waals surface area contributed by atoms with Crippen molar-refractivity contribution in [3.63, 3.8) is 0 Å². The number of aryl methyl sites for hydroxylation is 3. The van der Waals surface area contributed by atoms with Crippen molar-refractivity contribution in [3.05, 3.63) is 64.3 Å². The first-order chi connectivity index (χ1) is 12.7. The summed E-state index contributed by atoms with van der Waals surface area (Å²) < 4.78 is 7.38. The van der Waals surface area contributed by atoms with Crippen LogP contribution in [0.4, 0.5) is 0 Å². The Morgan fingerprint density at radius 2 is 2.15 bits per heavy atom. The smallest absolute Gasteiger partial charge is 0.227 e. The van der Waals surface area contributed by atoms with Gasteiger partial charge in [-0.3, -0.25) is 4.57 Å². The molecule has 0 saturated carbocycles. The van der Waals surface area contributed by atoms with E-state index < -0.39 is 0 Å². The molecule has 1 aromatic carbocycles. The summed E-state index contributed by atoms with van der Waals surface area (Å²) in [6.07, 6.45) is 4.02. The molecule has 132 valence electrons. The number of hydrogen-bond acceptors (Lipinski definition) is 6. The second-order valence-corrected chi connectivity index (χ2v) is 7.11. The molecular weight excluding hydrogens is 370 g/mol. The molecule has 0 fully saturated rings. The lowest BCUT2D eigenvalue weighted by Crippen LogP contribution is -2.01. The maximum absolute atomic E-state index is 6.01. The third kappa shape index (κ3) is 3.54. The van der Waals surface area contributed by atoms with E-state index in [4.69, 9.17) is 16.1 Å². The zero-order valence-electron chi connectivity index (χ0n) is 14.1. The van der Waals surface area contributed by atoms with Crippen LogP contribution in [0.3, 0.4) is 0 Å². The van der Waals surface area contributed by atoms with Gasteiger partial charge in [-0.15, -0.1) is 21.5 Å². The van der Waals surface area contributed by atoms with Gasteiger partial charge >= 0.3 is 0 Å². The molecule has 0 aliphatic carbocycles. The van der Waals surface area contributed by atoms with E-state index in [9.17, 15) is 0 Å². The fraction of sp³-hybridized carbons (Fsp3) is 0.222. The van der Waals surface area contributed by atoms with Gasteiger partial charge in [0.25, 0.3) is 0 Å². The van der Waals surface area contributed by atoms with Crippen LogP contribution in [-0.2, 0) is 19.3 Å². The number of benzene rings is 1. The summed E-state index contributed by atoms with van der Waals surface area (Å²) in [5.41, 5.74) is 2.15. The molecule has 0 aliphatic rings. The quantitative estimate of drug-likeness (QED) is 0.492. The Morgan fingerprint density at radius 1 is 1.23 bits per heavy atom. The first-order valence-corrected chi connectivity index (χ1v) is 9.54. The summed E-state index contributed by atoms with van der Waals surface area (Å²) in [5.74, 6) is 1.97. The minimum atomic E-state index is 0.537. The Kier molecular flexibility index (Phi) is 4.81. The van der Waals surface area contributed by atoms with Gasteiger partial charge in [-0.2, -0.15) is 4.98 Å². The van der Waals surface area contributed by atoms with Crippen LogP contribution in [0, 0.1) is 0 Å². The summed E-state index contributed by atoms with van der Waals surface area (Å²) in [4.78, 5) is 4.45. The van der Waals surface area contributed by atoms with Crippen molar-refractivity contribution in [1.82, 2.24) is 24.9 Å². The molecule has 0 aliphatic heterocycles. The van der Waals surface area contributed by atoms with Crippen LogP contribution in [0.25, 0.3) is 16.4 Å². The van der Waals surface area contributed by atoms with Gasteiger partial charge in [0.15, 0.2) is 0 Å². The number of rotatable bonds is 6. The van der Waals surface area contributed by atoms with Crippen molar-refractivity contribution >= 4 is 22.9 Å². The van der Waals surface area contributed by atoms with Crippen molar-refractivity contribution in [2.24, 2.45) is 0 Å². The number of halogens is 1. The standard InChI is InChI=1S/C18H16ClN5OS/c1-2-12-8-17(26-10-12)24-11-20-22-15(24)6-7-16-21-18(23-25-16)13-4-3-5-14(19)9-13/h3-5,8-11H,2,6-7H2,1H3. The topological polar surface area (TPSA) is 69.6 Å². The number of nitrogens with zero attached hydrogens (tertiary/aromatic N) is 5. The van der Waals surface area contributed by atoms with Crippen LogP contribution in [-0.4, -0.2) is 24.9 Å². The highest BCUT2D eigenvalue weighted by Crippen LogP contribution is 2.22. The molecule has 0 bridgehead atoms. The first kappa shape index (κ1) is 16.9. The molecule has 0 unspecified atom stereocenters. The maximum atomic E-state index is 6.01. The van der Waals surface area contributed by atoms with Gasteiger partial charge in [-0.1, -0.05) is 35.8 Å². The monoisotopic (exact) mass is 385 g/mol. The molecule has 0 saturated heterocycles. The van der Waals surface area contributed by atoms with Crippen LogP contribution < -0.4 is 0 Å². The van der Waals surface area contributed by atoms with Crippen molar-refractivity contribution in [1.29, 1.82) is 0 Å². The summed E-state index contributed by atoms with van der Waals surface area (Å²) in [5, 5.41) is 16.2. The lowest BCUT2D eigenvalue weighted by Gasteiger charge is -2.01. The molecule has 26 heavy (non-hydrogen) atoms. The predicted molar refractivity (Wildman–Crippen MR) is 101 cm³/mol. The van der Waals surface area contributed by atoms with Gasteiger partial charge in [0.2, 0.25) is 11.7 Å². The SMILES string of the molecule is CCc1csc(-n2cnnc2CCc2nc(-c3cccc(Cl)c3)no2)c1. The lowest BCUT2D eigenvalue weighted by atomic mass is 10.2. The van der Waals surface area contributed by atoms with E-state index in [0.29, 0.717) is 29.6 Å². The maximum Gasteiger partial charge on any atom is 0.227 e. The number of aromatic nitrogens is 5. The normalized spacial score (nSPS) is 11.2. The Morgan fingerprint density at radius 3 is 2.96 bits per heavy atom. The molecule has 0 spiro atoms. The average molecular weight is 386 g/mol. The van der Waals surface area contributed by atoms with Gasteiger partial charge in [-0.05, 0) is 35.6 Å². The Balaban J connectivity index is 1.48. The predicted octanol–water partition coefficient (Wildman–Crippen LogP) is 4.38. The minimum absolute atomic E-state index is 0.537. The number of hydrogen-bond donors (Lipinski definition) is 0. The lowest BCUT2D eigenvalue weighted by molar-refractivity contribution is 0.378. The molecule has 8 heteroatoms. The molecule has 3 heterocycles. The summed E-state index contributed by atoms with van der Waals surface area (Å²) >= 11 is 7.70. The zero-order chi connectivity index (χ0) is 17.9. The Labute approximate surface area is 159 Å². The van der Waals surface area contributed by atoms with Gasteiger partial charge in [0.05, 0.1) is 0 Å². The van der Waals surface area contributed by atoms with Crippen molar-refractivity contribution in [2.45, 2.75) is 26.2 Å². The fourth-order valence-corrected chi connectivity index (χ4v) is 3.79. The third-order valence-electron chi connectivity index (χ3n) is 4.02. The molecule has 0 amide bonds.